The van der Waals surface area contributed by atoms with Gasteiger partial charge in [0.05, 0.1) is 5.56 Å². The summed E-state index contributed by atoms with van der Waals surface area (Å²) in [6.07, 6.45) is 0.143. The van der Waals surface area contributed by atoms with E-state index >= 15 is 0 Å². The van der Waals surface area contributed by atoms with Gasteiger partial charge in [-0.25, -0.2) is 4.39 Å². The molecule has 0 unspecified atom stereocenters. The lowest BCUT2D eigenvalue weighted by Crippen LogP contribution is -2.29. The molecule has 6 heteroatoms. The second-order valence-corrected chi connectivity index (χ2v) is 3.34. The molecule has 3 N–H and O–H groups in total. The van der Waals surface area contributed by atoms with E-state index in [0.717, 1.165) is 12.1 Å². The first kappa shape index (κ1) is 13.0. The van der Waals surface area contributed by atoms with Gasteiger partial charge in [0.15, 0.2) is 0 Å². The molecule has 2 amide bonds. The molecule has 0 fully saturated rings. The Labute approximate surface area is 97.6 Å². The fourth-order valence-electron chi connectivity index (χ4n) is 1.21. The third-order valence-corrected chi connectivity index (χ3v) is 2.12. The summed E-state index contributed by atoms with van der Waals surface area (Å²) in [4.78, 5) is 22.4. The van der Waals surface area contributed by atoms with Crippen molar-refractivity contribution in [2.24, 2.45) is 0 Å². The minimum Gasteiger partial charge on any atom is -0.507 e. The molecule has 0 saturated carbocycles. The minimum atomic E-state index is -0.621. The van der Waals surface area contributed by atoms with Gasteiger partial charge >= 0.3 is 0 Å². The summed E-state index contributed by atoms with van der Waals surface area (Å²) in [7, 11) is 1.50. The Morgan fingerprint density at radius 3 is 2.71 bits per heavy atom. The van der Waals surface area contributed by atoms with E-state index in [1.807, 2.05) is 0 Å². The third kappa shape index (κ3) is 3.75. The number of benzene rings is 1. The van der Waals surface area contributed by atoms with Crippen LogP contribution >= 0.6 is 0 Å². The number of hydrogen-bond donors (Lipinski definition) is 3. The summed E-state index contributed by atoms with van der Waals surface area (Å²) >= 11 is 0. The Morgan fingerprint density at radius 1 is 1.41 bits per heavy atom. The number of amides is 2. The second kappa shape index (κ2) is 5.83. The molecule has 92 valence electrons. The van der Waals surface area contributed by atoms with Crippen LogP contribution in [0, 0.1) is 5.82 Å². The predicted octanol–water partition coefficient (Wildman–Crippen LogP) is 0.397. The molecule has 1 aromatic carbocycles. The summed E-state index contributed by atoms with van der Waals surface area (Å²) in [5.41, 5.74) is -0.0247. The number of phenolic OH excluding ortho intramolecular Hbond substituents is 1. The number of halogens is 1. The van der Waals surface area contributed by atoms with E-state index in [0.29, 0.717) is 0 Å². The average Bonchev–Trinajstić information content (AvgIpc) is 2.28. The molecule has 17 heavy (non-hydrogen) atoms. The lowest BCUT2D eigenvalue weighted by atomic mass is 10.2. The summed E-state index contributed by atoms with van der Waals surface area (Å²) in [6, 6.07) is 3.11. The van der Waals surface area contributed by atoms with Gasteiger partial charge in [-0.05, 0) is 12.1 Å². The maximum absolute atomic E-state index is 12.7. The number of phenols is 1. The zero-order chi connectivity index (χ0) is 12.8. The van der Waals surface area contributed by atoms with E-state index < -0.39 is 17.5 Å². The normalized spacial score (nSPS) is 9.76. The van der Waals surface area contributed by atoms with Crippen LogP contribution in [0.2, 0.25) is 0 Å². The number of rotatable bonds is 4. The highest BCUT2D eigenvalue weighted by Crippen LogP contribution is 2.17. The van der Waals surface area contributed by atoms with E-state index in [4.69, 9.17) is 0 Å². The van der Waals surface area contributed by atoms with Gasteiger partial charge in [-0.3, -0.25) is 9.59 Å². The van der Waals surface area contributed by atoms with Crippen LogP contribution in [0.5, 0.6) is 5.75 Å². The van der Waals surface area contributed by atoms with Crippen LogP contribution < -0.4 is 10.6 Å². The molecule has 1 aromatic rings. The Balaban J connectivity index is 2.55. The number of nitrogens with one attached hydrogen (secondary N) is 2. The van der Waals surface area contributed by atoms with E-state index in [1.165, 1.54) is 13.1 Å². The van der Waals surface area contributed by atoms with Gasteiger partial charge in [0.1, 0.15) is 11.6 Å². The molecular formula is C11H13FN2O3. The molecule has 5 nitrogen and oxygen atoms in total. The molecule has 0 heterocycles. The van der Waals surface area contributed by atoms with Crippen LogP contribution in [0.25, 0.3) is 0 Å². The van der Waals surface area contributed by atoms with Crippen molar-refractivity contribution in [1.82, 2.24) is 10.6 Å². The predicted molar refractivity (Wildman–Crippen MR) is 59.1 cm³/mol. The van der Waals surface area contributed by atoms with Crippen molar-refractivity contribution in [2.75, 3.05) is 13.6 Å². The molecule has 0 aromatic heterocycles. The topological polar surface area (TPSA) is 78.4 Å². The fourth-order valence-corrected chi connectivity index (χ4v) is 1.21. The summed E-state index contributed by atoms with van der Waals surface area (Å²) in [5, 5.41) is 14.2. The van der Waals surface area contributed by atoms with Crippen molar-refractivity contribution in [3.05, 3.63) is 29.6 Å². The van der Waals surface area contributed by atoms with Crippen LogP contribution in [0.1, 0.15) is 16.8 Å². The zero-order valence-corrected chi connectivity index (χ0v) is 9.29. The third-order valence-electron chi connectivity index (χ3n) is 2.12. The lowest BCUT2D eigenvalue weighted by Gasteiger charge is -2.06. The maximum atomic E-state index is 12.7. The van der Waals surface area contributed by atoms with Gasteiger partial charge in [0, 0.05) is 26.1 Å². The van der Waals surface area contributed by atoms with Crippen LogP contribution in [-0.2, 0) is 4.79 Å². The number of carbonyl (C=O) groups excluding carboxylic acids is 2. The molecule has 0 aliphatic rings. The van der Waals surface area contributed by atoms with Crippen LogP contribution in [0.15, 0.2) is 18.2 Å². The highest BCUT2D eigenvalue weighted by atomic mass is 19.1. The first-order valence-corrected chi connectivity index (χ1v) is 5.02. The highest BCUT2D eigenvalue weighted by Gasteiger charge is 2.11. The fraction of sp³-hybridized carbons (Fsp3) is 0.273. The second-order valence-electron chi connectivity index (χ2n) is 3.34. The summed E-state index contributed by atoms with van der Waals surface area (Å²) in [6.45, 7) is 0.148. The van der Waals surface area contributed by atoms with Crippen molar-refractivity contribution in [2.45, 2.75) is 6.42 Å². The summed E-state index contributed by atoms with van der Waals surface area (Å²) < 4.78 is 12.7. The van der Waals surface area contributed by atoms with Gasteiger partial charge < -0.3 is 15.7 Å². The molecule has 1 rings (SSSR count). The largest absolute Gasteiger partial charge is 0.507 e. The average molecular weight is 240 g/mol. The van der Waals surface area contributed by atoms with Crippen molar-refractivity contribution < 1.29 is 19.1 Å². The molecule has 0 aliphatic heterocycles. The molecule has 0 saturated heterocycles. The zero-order valence-electron chi connectivity index (χ0n) is 9.29. The first-order chi connectivity index (χ1) is 8.04. The lowest BCUT2D eigenvalue weighted by molar-refractivity contribution is -0.120. The van der Waals surface area contributed by atoms with Crippen molar-refractivity contribution in [3.8, 4) is 5.75 Å². The quantitative estimate of drug-likeness (QED) is 0.712. The van der Waals surface area contributed by atoms with Crippen LogP contribution in [0.3, 0.4) is 0 Å². The monoisotopic (exact) mass is 240 g/mol. The van der Waals surface area contributed by atoms with Gasteiger partial charge in [-0.15, -0.1) is 0 Å². The smallest absolute Gasteiger partial charge is 0.255 e. The number of aromatic hydroxyl groups is 1. The van der Waals surface area contributed by atoms with Gasteiger partial charge in [-0.2, -0.15) is 0 Å². The molecular weight excluding hydrogens is 227 g/mol. The maximum Gasteiger partial charge on any atom is 0.255 e. The highest BCUT2D eigenvalue weighted by molar-refractivity contribution is 5.96. The number of carbonyl (C=O) groups is 2. The Hall–Kier alpha value is -2.11. The van der Waals surface area contributed by atoms with Crippen LogP contribution in [-0.4, -0.2) is 30.5 Å². The van der Waals surface area contributed by atoms with Crippen LogP contribution in [0.4, 0.5) is 4.39 Å². The van der Waals surface area contributed by atoms with Crippen molar-refractivity contribution in [1.29, 1.82) is 0 Å². The first-order valence-electron chi connectivity index (χ1n) is 5.02. The Morgan fingerprint density at radius 2 is 2.12 bits per heavy atom. The van der Waals surface area contributed by atoms with Gasteiger partial charge in [0.2, 0.25) is 5.91 Å². The van der Waals surface area contributed by atoms with E-state index in [9.17, 15) is 19.1 Å². The summed E-state index contributed by atoms with van der Waals surface area (Å²) in [5.74, 6) is -1.80. The van der Waals surface area contributed by atoms with E-state index in [2.05, 4.69) is 10.6 Å². The van der Waals surface area contributed by atoms with Gasteiger partial charge in [-0.1, -0.05) is 0 Å². The van der Waals surface area contributed by atoms with Crippen molar-refractivity contribution in [3.63, 3.8) is 0 Å². The van der Waals surface area contributed by atoms with Crippen molar-refractivity contribution >= 4 is 11.8 Å². The minimum absolute atomic E-state index is 0.0247. The molecule has 0 radical (unpaired) electrons. The number of hydrogen-bond acceptors (Lipinski definition) is 3. The molecule has 0 atom stereocenters. The molecule has 0 aliphatic carbocycles. The Kier molecular flexibility index (Phi) is 4.45. The standard InChI is InChI=1S/C11H13FN2O3/c1-13-10(16)4-5-14-11(17)8-3-2-7(12)6-9(8)15/h2-3,6,15H,4-5H2,1H3,(H,13,16)(H,14,17). The van der Waals surface area contributed by atoms with E-state index in [1.54, 1.807) is 0 Å². The SMILES string of the molecule is CNC(=O)CCNC(=O)c1ccc(F)cc1O. The van der Waals surface area contributed by atoms with E-state index in [-0.39, 0.29) is 24.4 Å². The Bertz CT molecular complexity index is 435. The molecule has 0 bridgehead atoms. The van der Waals surface area contributed by atoms with Gasteiger partial charge in [0.25, 0.3) is 5.91 Å². The molecule has 0 spiro atoms.